The molecule has 0 spiro atoms. The molecule has 0 aliphatic rings. The highest BCUT2D eigenvalue weighted by molar-refractivity contribution is 6.29. The van der Waals surface area contributed by atoms with Gasteiger partial charge in [-0.1, -0.05) is 146 Å². The summed E-state index contributed by atoms with van der Waals surface area (Å²) in [6.07, 6.45) is 0. The van der Waals surface area contributed by atoms with E-state index in [1.807, 2.05) is 6.07 Å². The lowest BCUT2D eigenvalue weighted by Gasteiger charge is -2.17. The number of para-hydroxylation sites is 1. The van der Waals surface area contributed by atoms with Gasteiger partial charge in [-0.05, 0) is 90.0 Å². The lowest BCUT2D eigenvalue weighted by Crippen LogP contribution is -1.93. The quantitative estimate of drug-likeness (QED) is 0.137. The molecule has 0 aliphatic carbocycles. The van der Waals surface area contributed by atoms with Crippen LogP contribution in [0.4, 0.5) is 5.69 Å². The molecular formula is C47H28N2. The van der Waals surface area contributed by atoms with Gasteiger partial charge < -0.3 is 4.57 Å². The summed E-state index contributed by atoms with van der Waals surface area (Å²) in [6, 6.07) is 60.9. The predicted molar refractivity (Wildman–Crippen MR) is 207 cm³/mol. The largest absolute Gasteiger partial charge is 0.309 e. The summed E-state index contributed by atoms with van der Waals surface area (Å²) in [5.74, 6) is 0. The van der Waals surface area contributed by atoms with Crippen LogP contribution in [0, 0.1) is 6.57 Å². The number of aromatic nitrogens is 1. The maximum atomic E-state index is 7.91. The van der Waals surface area contributed by atoms with E-state index < -0.39 is 0 Å². The van der Waals surface area contributed by atoms with Crippen LogP contribution in [0.1, 0.15) is 0 Å². The maximum absolute atomic E-state index is 7.91. The molecule has 49 heavy (non-hydrogen) atoms. The summed E-state index contributed by atoms with van der Waals surface area (Å²) in [7, 11) is 0. The van der Waals surface area contributed by atoms with Gasteiger partial charge in [-0.2, -0.15) is 0 Å². The first-order chi connectivity index (χ1) is 24.3. The van der Waals surface area contributed by atoms with Gasteiger partial charge in [0.1, 0.15) is 0 Å². The Morgan fingerprint density at radius 2 is 0.776 bits per heavy atom. The monoisotopic (exact) mass is 620 g/mol. The normalized spacial score (nSPS) is 11.7. The lowest BCUT2D eigenvalue weighted by atomic mass is 9.87. The Kier molecular flexibility index (Phi) is 5.97. The fraction of sp³-hybridized carbons (Fsp3) is 0. The molecule has 0 bridgehead atoms. The Morgan fingerprint density at radius 1 is 0.347 bits per heavy atom. The summed E-state index contributed by atoms with van der Waals surface area (Å²) in [4.78, 5) is 3.90. The molecule has 0 saturated heterocycles. The van der Waals surface area contributed by atoms with Gasteiger partial charge in [-0.15, -0.1) is 0 Å². The molecule has 0 fully saturated rings. The summed E-state index contributed by atoms with van der Waals surface area (Å²) in [6.45, 7) is 7.91. The highest BCUT2D eigenvalue weighted by Gasteiger charge is 2.21. The molecule has 10 aromatic rings. The van der Waals surface area contributed by atoms with Gasteiger partial charge in [0.05, 0.1) is 17.6 Å². The van der Waals surface area contributed by atoms with E-state index in [1.54, 1.807) is 0 Å². The van der Waals surface area contributed by atoms with Gasteiger partial charge in [0.15, 0.2) is 5.69 Å². The number of rotatable bonds is 4. The third-order valence-corrected chi connectivity index (χ3v) is 10.2. The molecule has 2 heteroatoms. The van der Waals surface area contributed by atoms with Crippen LogP contribution < -0.4 is 0 Å². The molecule has 1 heterocycles. The van der Waals surface area contributed by atoms with Crippen molar-refractivity contribution in [1.82, 2.24) is 4.57 Å². The molecule has 10 rings (SSSR count). The van der Waals surface area contributed by atoms with E-state index in [0.29, 0.717) is 5.69 Å². The maximum Gasteiger partial charge on any atom is 0.195 e. The van der Waals surface area contributed by atoms with Crippen LogP contribution in [0.25, 0.3) is 98.0 Å². The lowest BCUT2D eigenvalue weighted by molar-refractivity contribution is 1.18. The highest BCUT2D eigenvalue weighted by atomic mass is 15.0. The standard InChI is InChI=1S/C47H28N2/c1-48-43-27-29-45-47-42(43)25-24-41-40(26-28-44(46(41)47)49(45)31-14-6-3-7-15-31)39-23-22-38(35-18-10-11-19-36(35)39)37-21-20-32(30-12-4-2-5-13-30)33-16-8-9-17-34(33)37/h2-29H. The van der Waals surface area contributed by atoms with Crippen molar-refractivity contribution in [2.45, 2.75) is 0 Å². The van der Waals surface area contributed by atoms with E-state index in [0.717, 1.165) is 27.5 Å². The van der Waals surface area contributed by atoms with Gasteiger partial charge in [0.2, 0.25) is 0 Å². The zero-order valence-electron chi connectivity index (χ0n) is 26.6. The van der Waals surface area contributed by atoms with Crippen LogP contribution in [0.2, 0.25) is 0 Å². The smallest absolute Gasteiger partial charge is 0.195 e. The van der Waals surface area contributed by atoms with Crippen molar-refractivity contribution in [1.29, 1.82) is 0 Å². The minimum atomic E-state index is 0.687. The first-order valence-electron chi connectivity index (χ1n) is 16.6. The molecule has 9 aromatic carbocycles. The average molecular weight is 621 g/mol. The van der Waals surface area contributed by atoms with E-state index in [-0.39, 0.29) is 0 Å². The predicted octanol–water partition coefficient (Wildman–Crippen LogP) is 13.2. The second-order valence-electron chi connectivity index (χ2n) is 12.7. The molecule has 1 aromatic heterocycles. The molecule has 0 atom stereocenters. The van der Waals surface area contributed by atoms with E-state index in [4.69, 9.17) is 6.57 Å². The molecule has 0 N–H and O–H groups in total. The van der Waals surface area contributed by atoms with Gasteiger partial charge >= 0.3 is 0 Å². The summed E-state index contributed by atoms with van der Waals surface area (Å²) >= 11 is 0. The van der Waals surface area contributed by atoms with Crippen molar-refractivity contribution in [3.05, 3.63) is 181 Å². The Balaban J connectivity index is 1.23. The minimum absolute atomic E-state index is 0.687. The minimum Gasteiger partial charge on any atom is -0.309 e. The highest BCUT2D eigenvalue weighted by Crippen LogP contribution is 2.47. The van der Waals surface area contributed by atoms with Gasteiger partial charge in [-0.3, -0.25) is 0 Å². The molecule has 0 radical (unpaired) electrons. The van der Waals surface area contributed by atoms with E-state index >= 15 is 0 Å². The Labute approximate surface area is 283 Å². The number of benzene rings is 9. The third kappa shape index (κ3) is 4.00. The average Bonchev–Trinajstić information content (AvgIpc) is 3.52. The molecule has 0 aliphatic heterocycles. The number of hydrogen-bond donors (Lipinski definition) is 0. The van der Waals surface area contributed by atoms with Crippen LogP contribution in [-0.2, 0) is 0 Å². The van der Waals surface area contributed by atoms with Crippen molar-refractivity contribution in [2.24, 2.45) is 0 Å². The van der Waals surface area contributed by atoms with Crippen molar-refractivity contribution in [3.8, 4) is 39.1 Å². The summed E-state index contributed by atoms with van der Waals surface area (Å²) in [5, 5.41) is 9.51. The first kappa shape index (κ1) is 27.4. The van der Waals surface area contributed by atoms with Gasteiger partial charge in [0.25, 0.3) is 0 Å². The second-order valence-corrected chi connectivity index (χ2v) is 12.7. The van der Waals surface area contributed by atoms with Crippen molar-refractivity contribution in [2.75, 3.05) is 0 Å². The zero-order chi connectivity index (χ0) is 32.5. The van der Waals surface area contributed by atoms with Crippen molar-refractivity contribution < 1.29 is 0 Å². The van der Waals surface area contributed by atoms with E-state index in [9.17, 15) is 0 Å². The Hall–Kier alpha value is -6.69. The number of hydrogen-bond acceptors (Lipinski definition) is 0. The van der Waals surface area contributed by atoms with Crippen LogP contribution in [-0.4, -0.2) is 4.57 Å². The first-order valence-corrected chi connectivity index (χ1v) is 16.6. The Morgan fingerprint density at radius 3 is 1.37 bits per heavy atom. The molecule has 0 unspecified atom stereocenters. The second kappa shape index (κ2) is 10.7. The SMILES string of the molecule is [C-]#[N+]c1ccc2c3c1ccc1c(-c4ccc(-c5ccc(-c6ccccc6)c6ccccc56)c5ccccc45)ccc(c13)n2-c1ccccc1. The topological polar surface area (TPSA) is 9.29 Å². The van der Waals surface area contributed by atoms with Crippen molar-refractivity contribution >= 4 is 59.8 Å². The van der Waals surface area contributed by atoms with Crippen LogP contribution in [0.3, 0.4) is 0 Å². The van der Waals surface area contributed by atoms with Crippen LogP contribution >= 0.6 is 0 Å². The third-order valence-electron chi connectivity index (χ3n) is 10.2. The van der Waals surface area contributed by atoms with Crippen LogP contribution in [0.5, 0.6) is 0 Å². The molecule has 0 amide bonds. The zero-order valence-corrected chi connectivity index (χ0v) is 26.6. The summed E-state index contributed by atoms with van der Waals surface area (Å²) < 4.78 is 2.34. The van der Waals surface area contributed by atoms with Crippen molar-refractivity contribution in [3.63, 3.8) is 0 Å². The molecular weight excluding hydrogens is 593 g/mol. The molecule has 2 nitrogen and oxygen atoms in total. The molecule has 0 saturated carbocycles. The van der Waals surface area contributed by atoms with E-state index in [1.165, 1.54) is 65.7 Å². The van der Waals surface area contributed by atoms with Gasteiger partial charge in [0, 0.05) is 16.5 Å². The van der Waals surface area contributed by atoms with E-state index in [2.05, 4.69) is 173 Å². The summed E-state index contributed by atoms with van der Waals surface area (Å²) in [5.41, 5.74) is 11.4. The van der Waals surface area contributed by atoms with Gasteiger partial charge in [-0.25, -0.2) is 4.85 Å². The van der Waals surface area contributed by atoms with Crippen LogP contribution in [0.15, 0.2) is 170 Å². The fourth-order valence-corrected chi connectivity index (χ4v) is 8.10. The molecule has 226 valence electrons. The number of nitrogens with zero attached hydrogens (tertiary/aromatic N) is 2. The fourth-order valence-electron chi connectivity index (χ4n) is 8.10. The Bertz CT molecular complexity index is 2930. The number of fused-ring (bicyclic) bond motifs is 2.